The third-order valence-electron chi connectivity index (χ3n) is 5.84. The minimum Gasteiger partial charge on any atom is -0.493 e. The van der Waals surface area contributed by atoms with Crippen LogP contribution in [0.2, 0.25) is 0 Å². The van der Waals surface area contributed by atoms with Crippen LogP contribution in [0.15, 0.2) is 58.8 Å². The molecule has 1 aromatic carbocycles. The average Bonchev–Trinajstić information content (AvgIpc) is 3.50. The largest absolute Gasteiger partial charge is 0.493 e. The van der Waals surface area contributed by atoms with E-state index in [1.54, 1.807) is 28.2 Å². The van der Waals surface area contributed by atoms with Gasteiger partial charge in [0.25, 0.3) is 5.56 Å². The number of benzene rings is 1. The zero-order valence-electron chi connectivity index (χ0n) is 18.4. The van der Waals surface area contributed by atoms with E-state index >= 15 is 0 Å². The molecule has 3 heterocycles. The Balaban J connectivity index is 1.36. The summed E-state index contributed by atoms with van der Waals surface area (Å²) in [6.07, 6.45) is 4.79. The van der Waals surface area contributed by atoms with Gasteiger partial charge in [0.2, 0.25) is 5.91 Å². The molecule has 1 fully saturated rings. The van der Waals surface area contributed by atoms with Gasteiger partial charge in [-0.25, -0.2) is 0 Å². The molecule has 1 saturated heterocycles. The number of hydrogen-bond donors (Lipinski definition) is 1. The van der Waals surface area contributed by atoms with Gasteiger partial charge in [-0.2, -0.15) is 0 Å². The number of carbonyl (C=O) groups is 1. The highest BCUT2D eigenvalue weighted by Crippen LogP contribution is 2.20. The Morgan fingerprint density at radius 1 is 1.16 bits per heavy atom. The molecule has 0 radical (unpaired) electrons. The maximum atomic E-state index is 12.6. The fourth-order valence-electron chi connectivity index (χ4n) is 3.91. The van der Waals surface area contributed by atoms with E-state index in [-0.39, 0.29) is 11.5 Å². The maximum absolute atomic E-state index is 12.6. The summed E-state index contributed by atoms with van der Waals surface area (Å²) in [7, 11) is 0. The Kier molecular flexibility index (Phi) is 7.27. The summed E-state index contributed by atoms with van der Waals surface area (Å²) in [6.45, 7) is 5.04. The van der Waals surface area contributed by atoms with Gasteiger partial charge in [-0.3, -0.25) is 9.59 Å². The lowest BCUT2D eigenvalue weighted by atomic mass is 10.1. The molecule has 6 nitrogen and oxygen atoms in total. The lowest BCUT2D eigenvalue weighted by Gasteiger charge is -2.18. The van der Waals surface area contributed by atoms with E-state index < -0.39 is 0 Å². The second-order valence-electron chi connectivity index (χ2n) is 8.04. The van der Waals surface area contributed by atoms with Gasteiger partial charge >= 0.3 is 0 Å². The normalized spacial score (nSPS) is 13.3. The van der Waals surface area contributed by atoms with Crippen molar-refractivity contribution in [1.29, 1.82) is 0 Å². The molecule has 1 N–H and O–H groups in total. The molecule has 7 heteroatoms. The van der Waals surface area contributed by atoms with Crippen molar-refractivity contribution < 1.29 is 9.53 Å². The van der Waals surface area contributed by atoms with Gasteiger partial charge in [0, 0.05) is 42.3 Å². The number of carbonyl (C=O) groups excluding carboxylic acids is 1. The predicted octanol–water partition coefficient (Wildman–Crippen LogP) is 3.92. The van der Waals surface area contributed by atoms with Crippen molar-refractivity contribution in [3.05, 3.63) is 80.4 Å². The second kappa shape index (κ2) is 10.5. The van der Waals surface area contributed by atoms with Crippen LogP contribution in [0.3, 0.4) is 0 Å². The molecule has 1 aliphatic heterocycles. The van der Waals surface area contributed by atoms with Crippen LogP contribution in [0.5, 0.6) is 5.75 Å². The van der Waals surface area contributed by atoms with Crippen LogP contribution < -0.4 is 15.6 Å². The van der Waals surface area contributed by atoms with Gasteiger partial charge in [-0.05, 0) is 54.5 Å². The van der Waals surface area contributed by atoms with Crippen molar-refractivity contribution in [3.63, 3.8) is 0 Å². The Labute approximate surface area is 192 Å². The Bertz CT molecular complexity index is 1100. The standard InChI is InChI=1S/C25H29N3O3S/c1-19-20(6-4-8-23(19)26-17-25(30)27-11-2-3-12-27)18-28-13-9-21(16-24(28)29)31-14-10-22-7-5-15-32-22/h4-9,13,15-16,26H,2-3,10-12,14,17-18H2,1H3. The molecule has 4 rings (SSSR count). The monoisotopic (exact) mass is 451 g/mol. The Morgan fingerprint density at radius 3 is 2.75 bits per heavy atom. The van der Waals surface area contributed by atoms with Crippen molar-refractivity contribution in [1.82, 2.24) is 9.47 Å². The van der Waals surface area contributed by atoms with Crippen molar-refractivity contribution in [2.75, 3.05) is 31.6 Å². The number of amides is 1. The molecule has 168 valence electrons. The van der Waals surface area contributed by atoms with Gasteiger partial charge in [0.05, 0.1) is 19.7 Å². The molecule has 0 atom stereocenters. The average molecular weight is 452 g/mol. The predicted molar refractivity (Wildman–Crippen MR) is 129 cm³/mol. The van der Waals surface area contributed by atoms with E-state index in [4.69, 9.17) is 4.74 Å². The number of nitrogens with one attached hydrogen (secondary N) is 1. The molecule has 0 spiro atoms. The molecule has 32 heavy (non-hydrogen) atoms. The SMILES string of the molecule is Cc1c(Cn2ccc(OCCc3cccs3)cc2=O)cccc1NCC(=O)N1CCCC1. The number of pyridine rings is 1. The summed E-state index contributed by atoms with van der Waals surface area (Å²) in [5.41, 5.74) is 2.92. The fourth-order valence-corrected chi connectivity index (χ4v) is 4.60. The number of likely N-dealkylation sites (tertiary alicyclic amines) is 1. The molecular formula is C25H29N3O3S. The zero-order valence-corrected chi connectivity index (χ0v) is 19.2. The van der Waals surface area contributed by atoms with E-state index in [0.717, 1.165) is 49.2 Å². The lowest BCUT2D eigenvalue weighted by Crippen LogP contribution is -2.33. The third-order valence-corrected chi connectivity index (χ3v) is 6.78. The first-order chi connectivity index (χ1) is 15.6. The molecule has 0 bridgehead atoms. The number of nitrogens with zero attached hydrogens (tertiary/aromatic N) is 2. The van der Waals surface area contributed by atoms with E-state index in [9.17, 15) is 9.59 Å². The van der Waals surface area contributed by atoms with Gasteiger partial charge in [-0.15, -0.1) is 11.3 Å². The van der Waals surface area contributed by atoms with E-state index in [0.29, 0.717) is 25.4 Å². The van der Waals surface area contributed by atoms with Crippen molar-refractivity contribution >= 4 is 22.9 Å². The molecule has 0 unspecified atom stereocenters. The van der Waals surface area contributed by atoms with Crippen LogP contribution in [0.25, 0.3) is 0 Å². The van der Waals surface area contributed by atoms with Crippen LogP contribution in [-0.4, -0.2) is 41.6 Å². The molecule has 1 aliphatic rings. The molecular weight excluding hydrogens is 422 g/mol. The first-order valence-corrected chi connectivity index (χ1v) is 11.9. The molecule has 0 aliphatic carbocycles. The molecule has 1 amide bonds. The van der Waals surface area contributed by atoms with Gasteiger partial charge in [0.15, 0.2) is 0 Å². The number of hydrogen-bond acceptors (Lipinski definition) is 5. The summed E-state index contributed by atoms with van der Waals surface area (Å²) in [5.74, 6) is 0.730. The summed E-state index contributed by atoms with van der Waals surface area (Å²) < 4.78 is 7.43. The van der Waals surface area contributed by atoms with E-state index in [2.05, 4.69) is 16.8 Å². The van der Waals surface area contributed by atoms with Crippen molar-refractivity contribution in [2.24, 2.45) is 0 Å². The Morgan fingerprint density at radius 2 is 2.00 bits per heavy atom. The second-order valence-corrected chi connectivity index (χ2v) is 9.07. The molecule has 3 aromatic rings. The van der Waals surface area contributed by atoms with Gasteiger partial charge in [-0.1, -0.05) is 18.2 Å². The van der Waals surface area contributed by atoms with E-state index in [1.807, 2.05) is 42.2 Å². The van der Waals surface area contributed by atoms with Crippen LogP contribution in [-0.2, 0) is 17.8 Å². The van der Waals surface area contributed by atoms with Crippen LogP contribution in [0.4, 0.5) is 5.69 Å². The number of ether oxygens (including phenoxy) is 1. The summed E-state index contributed by atoms with van der Waals surface area (Å²) in [5, 5.41) is 5.33. The number of rotatable bonds is 9. The summed E-state index contributed by atoms with van der Waals surface area (Å²) in [6, 6.07) is 13.4. The fraction of sp³-hybridized carbons (Fsp3) is 0.360. The van der Waals surface area contributed by atoms with E-state index in [1.165, 1.54) is 4.88 Å². The minimum absolute atomic E-state index is 0.0967. The zero-order chi connectivity index (χ0) is 22.3. The number of aromatic nitrogens is 1. The van der Waals surface area contributed by atoms with Gasteiger partial charge < -0.3 is 19.5 Å². The van der Waals surface area contributed by atoms with Crippen LogP contribution in [0, 0.1) is 6.92 Å². The van der Waals surface area contributed by atoms with Crippen LogP contribution >= 0.6 is 11.3 Å². The summed E-state index contributed by atoms with van der Waals surface area (Å²) in [4.78, 5) is 28.1. The topological polar surface area (TPSA) is 63.6 Å². The van der Waals surface area contributed by atoms with Crippen molar-refractivity contribution in [3.8, 4) is 5.75 Å². The highest BCUT2D eigenvalue weighted by atomic mass is 32.1. The summed E-state index contributed by atoms with van der Waals surface area (Å²) >= 11 is 1.71. The lowest BCUT2D eigenvalue weighted by molar-refractivity contribution is -0.128. The third kappa shape index (κ3) is 5.59. The molecule has 2 aromatic heterocycles. The van der Waals surface area contributed by atoms with Gasteiger partial charge in [0.1, 0.15) is 5.75 Å². The number of thiophene rings is 1. The smallest absolute Gasteiger partial charge is 0.254 e. The van der Waals surface area contributed by atoms with Crippen molar-refractivity contribution in [2.45, 2.75) is 32.7 Å². The minimum atomic E-state index is -0.0967. The van der Waals surface area contributed by atoms with Crippen LogP contribution in [0.1, 0.15) is 28.8 Å². The number of anilines is 1. The highest BCUT2D eigenvalue weighted by Gasteiger charge is 2.17. The first kappa shape index (κ1) is 22.1. The first-order valence-electron chi connectivity index (χ1n) is 11.1. The quantitative estimate of drug-likeness (QED) is 0.536. The maximum Gasteiger partial charge on any atom is 0.254 e. The highest BCUT2D eigenvalue weighted by molar-refractivity contribution is 7.09. The molecule has 0 saturated carbocycles. The Hall–Kier alpha value is -3.06.